The van der Waals surface area contributed by atoms with Crippen LogP contribution in [-0.4, -0.2) is 40.2 Å². The molecule has 2 aromatic rings. The molecule has 1 atom stereocenters. The molecule has 2 N–H and O–H groups in total. The maximum atomic E-state index is 11.8. The van der Waals surface area contributed by atoms with E-state index in [1.54, 1.807) is 24.3 Å². The van der Waals surface area contributed by atoms with Gasteiger partial charge in [0.2, 0.25) is 5.91 Å². The molecule has 1 amide bonds. The van der Waals surface area contributed by atoms with E-state index in [-0.39, 0.29) is 11.6 Å². The monoisotopic (exact) mass is 539 g/mol. The summed E-state index contributed by atoms with van der Waals surface area (Å²) in [7, 11) is 0. The number of carboxylic acid groups (broad SMARTS) is 1. The number of nitrogens with one attached hydrogen (secondary N) is 1. The standard InChI is InChI=1S/C21H19BrClN3O5S/c1-2-30-16-8-13(10-24-26-21-25-20(29)17(32-21)9-18(27)28)7-15(22)19(16)31-11-12-3-5-14(23)6-4-12/h3-8,10,17H,2,9,11H2,1H3,(H,27,28)(H,25,26,29). The smallest absolute Gasteiger partial charge is 0.305 e. The Kier molecular flexibility index (Phi) is 8.54. The highest BCUT2D eigenvalue weighted by atomic mass is 79.9. The number of amides is 1. The second kappa shape index (κ2) is 11.3. The van der Waals surface area contributed by atoms with E-state index in [2.05, 4.69) is 31.4 Å². The molecule has 168 valence electrons. The molecule has 0 saturated carbocycles. The quantitative estimate of drug-likeness (QED) is 0.359. The lowest BCUT2D eigenvalue weighted by Crippen LogP contribution is -2.26. The van der Waals surface area contributed by atoms with Crippen LogP contribution in [0.25, 0.3) is 0 Å². The number of hydrogen-bond donors (Lipinski definition) is 2. The normalized spacial score (nSPS) is 17.0. The first-order chi connectivity index (χ1) is 15.4. The van der Waals surface area contributed by atoms with E-state index in [1.165, 1.54) is 6.21 Å². The molecule has 1 aliphatic rings. The van der Waals surface area contributed by atoms with Crippen molar-refractivity contribution in [1.29, 1.82) is 0 Å². The van der Waals surface area contributed by atoms with Gasteiger partial charge in [-0.1, -0.05) is 35.5 Å². The molecule has 3 rings (SSSR count). The van der Waals surface area contributed by atoms with E-state index >= 15 is 0 Å². The van der Waals surface area contributed by atoms with E-state index in [9.17, 15) is 9.59 Å². The van der Waals surface area contributed by atoms with E-state index in [0.29, 0.717) is 39.8 Å². The number of nitrogens with zero attached hydrogens (tertiary/aromatic N) is 2. The Balaban J connectivity index is 1.71. The van der Waals surface area contributed by atoms with Crippen molar-refractivity contribution in [1.82, 2.24) is 5.32 Å². The fraction of sp³-hybridized carbons (Fsp3) is 0.238. The number of aliphatic carboxylic acids is 1. The summed E-state index contributed by atoms with van der Waals surface area (Å²) in [6, 6.07) is 10.9. The molecule has 1 heterocycles. The van der Waals surface area contributed by atoms with Crippen LogP contribution in [0, 0.1) is 0 Å². The summed E-state index contributed by atoms with van der Waals surface area (Å²) in [5.74, 6) is -0.348. The maximum Gasteiger partial charge on any atom is 0.305 e. The van der Waals surface area contributed by atoms with Gasteiger partial charge in [0.25, 0.3) is 0 Å². The van der Waals surface area contributed by atoms with Crippen LogP contribution in [0.15, 0.2) is 51.1 Å². The summed E-state index contributed by atoms with van der Waals surface area (Å²) >= 11 is 10.5. The Morgan fingerprint density at radius 2 is 2.06 bits per heavy atom. The second-order valence-electron chi connectivity index (χ2n) is 6.52. The minimum Gasteiger partial charge on any atom is -0.490 e. The zero-order chi connectivity index (χ0) is 23.1. The van der Waals surface area contributed by atoms with Gasteiger partial charge in [-0.3, -0.25) is 9.59 Å². The molecule has 0 aliphatic carbocycles. The highest BCUT2D eigenvalue weighted by Gasteiger charge is 2.32. The van der Waals surface area contributed by atoms with Crippen LogP contribution in [0.4, 0.5) is 0 Å². The van der Waals surface area contributed by atoms with Crippen LogP contribution in [-0.2, 0) is 16.2 Å². The van der Waals surface area contributed by atoms with Crippen molar-refractivity contribution in [3.8, 4) is 11.5 Å². The third-order valence-electron chi connectivity index (χ3n) is 4.12. The molecular weight excluding hydrogens is 522 g/mol. The summed E-state index contributed by atoms with van der Waals surface area (Å²) in [6.45, 7) is 2.66. The van der Waals surface area contributed by atoms with Crippen molar-refractivity contribution in [2.45, 2.75) is 25.2 Å². The van der Waals surface area contributed by atoms with Crippen molar-refractivity contribution >= 4 is 62.6 Å². The van der Waals surface area contributed by atoms with Gasteiger partial charge in [0, 0.05) is 5.02 Å². The van der Waals surface area contributed by atoms with Crippen LogP contribution in [0.2, 0.25) is 5.02 Å². The third kappa shape index (κ3) is 6.72. The van der Waals surface area contributed by atoms with Crippen LogP contribution in [0.5, 0.6) is 11.5 Å². The molecule has 0 aromatic heterocycles. The van der Waals surface area contributed by atoms with Gasteiger partial charge in [0.05, 0.1) is 23.7 Å². The summed E-state index contributed by atoms with van der Waals surface area (Å²) in [5.41, 5.74) is 1.66. The van der Waals surface area contributed by atoms with Gasteiger partial charge in [0.1, 0.15) is 11.9 Å². The number of carboxylic acids is 1. The van der Waals surface area contributed by atoms with E-state index in [1.807, 2.05) is 19.1 Å². The molecular formula is C21H19BrClN3O5S. The second-order valence-corrected chi connectivity index (χ2v) is 9.00. The van der Waals surface area contributed by atoms with Gasteiger partial charge in [-0.25, -0.2) is 0 Å². The Morgan fingerprint density at radius 3 is 2.75 bits per heavy atom. The average Bonchev–Trinajstić information content (AvgIpc) is 3.07. The largest absolute Gasteiger partial charge is 0.490 e. The van der Waals surface area contributed by atoms with Crippen molar-refractivity contribution in [2.24, 2.45) is 10.2 Å². The number of hydrogen-bond acceptors (Lipinski definition) is 7. The van der Waals surface area contributed by atoms with E-state index in [4.69, 9.17) is 26.2 Å². The molecule has 1 aliphatic heterocycles. The van der Waals surface area contributed by atoms with Gasteiger partial charge < -0.3 is 19.9 Å². The van der Waals surface area contributed by atoms with Crippen LogP contribution in [0.1, 0.15) is 24.5 Å². The molecule has 1 saturated heterocycles. The first-order valence-corrected chi connectivity index (χ1v) is 11.5. The lowest BCUT2D eigenvalue weighted by Gasteiger charge is -2.14. The molecule has 0 radical (unpaired) electrons. The highest BCUT2D eigenvalue weighted by Crippen LogP contribution is 2.37. The number of carbonyl (C=O) groups is 2. The SMILES string of the molecule is CCOc1cc(C=N/N=C2\NC(=O)C(CC(=O)O)S2)cc(Br)c1OCc1ccc(Cl)cc1. The minimum atomic E-state index is -1.05. The molecule has 8 nitrogen and oxygen atoms in total. The number of carbonyl (C=O) groups excluding carboxylic acids is 1. The van der Waals surface area contributed by atoms with Gasteiger partial charge in [-0.15, -0.1) is 5.10 Å². The number of amidine groups is 1. The zero-order valence-corrected chi connectivity index (χ0v) is 20.0. The van der Waals surface area contributed by atoms with E-state index in [0.717, 1.165) is 17.3 Å². The summed E-state index contributed by atoms with van der Waals surface area (Å²) < 4.78 is 12.4. The number of thioether (sulfide) groups is 1. The lowest BCUT2D eigenvalue weighted by molar-refractivity contribution is -0.138. The van der Waals surface area contributed by atoms with Crippen LogP contribution in [0.3, 0.4) is 0 Å². The number of halogens is 2. The summed E-state index contributed by atoms with van der Waals surface area (Å²) in [4.78, 5) is 22.6. The number of rotatable bonds is 9. The Labute approximate surface area is 202 Å². The molecule has 1 fully saturated rings. The van der Waals surface area contributed by atoms with Crippen molar-refractivity contribution in [2.75, 3.05) is 6.61 Å². The Bertz CT molecular complexity index is 1060. The number of benzene rings is 2. The molecule has 2 aromatic carbocycles. The van der Waals surface area contributed by atoms with Crippen LogP contribution >= 0.6 is 39.3 Å². The molecule has 32 heavy (non-hydrogen) atoms. The molecule has 11 heteroatoms. The highest BCUT2D eigenvalue weighted by molar-refractivity contribution is 9.10. The first-order valence-electron chi connectivity index (χ1n) is 9.49. The molecule has 1 unspecified atom stereocenters. The topological polar surface area (TPSA) is 110 Å². The predicted octanol–water partition coefficient (Wildman–Crippen LogP) is 4.48. The van der Waals surface area contributed by atoms with Crippen molar-refractivity contribution in [3.63, 3.8) is 0 Å². The van der Waals surface area contributed by atoms with Gasteiger partial charge in [0.15, 0.2) is 16.7 Å². The third-order valence-corrected chi connectivity index (χ3v) is 6.03. The molecule has 0 bridgehead atoms. The average molecular weight is 541 g/mol. The minimum absolute atomic E-state index is 0.254. The summed E-state index contributed by atoms with van der Waals surface area (Å²) in [5, 5.41) is 19.5. The van der Waals surface area contributed by atoms with Gasteiger partial charge >= 0.3 is 5.97 Å². The Hall–Kier alpha value is -2.56. The van der Waals surface area contributed by atoms with Gasteiger partial charge in [-0.2, -0.15) is 5.10 Å². The summed E-state index contributed by atoms with van der Waals surface area (Å²) in [6.07, 6.45) is 1.22. The zero-order valence-electron chi connectivity index (χ0n) is 16.9. The Morgan fingerprint density at radius 1 is 1.31 bits per heavy atom. The molecule has 0 spiro atoms. The number of ether oxygens (including phenoxy) is 2. The fourth-order valence-corrected chi connectivity index (χ4v) is 4.31. The predicted molar refractivity (Wildman–Crippen MR) is 128 cm³/mol. The van der Waals surface area contributed by atoms with E-state index < -0.39 is 17.1 Å². The van der Waals surface area contributed by atoms with Gasteiger partial charge in [-0.05, 0) is 58.2 Å². The fourth-order valence-electron chi connectivity index (χ4n) is 2.69. The first kappa shape index (κ1) is 24.1. The van der Waals surface area contributed by atoms with Crippen molar-refractivity contribution in [3.05, 3.63) is 57.0 Å². The van der Waals surface area contributed by atoms with Crippen LogP contribution < -0.4 is 14.8 Å². The lowest BCUT2D eigenvalue weighted by atomic mass is 10.2. The van der Waals surface area contributed by atoms with Crippen molar-refractivity contribution < 1.29 is 24.2 Å². The maximum absolute atomic E-state index is 11.8.